The fourth-order valence-electron chi connectivity index (χ4n) is 4.65. The maximum Gasteiger partial charge on any atom is 0.166 e. The number of ketones is 1. The lowest BCUT2D eigenvalue weighted by Gasteiger charge is -2.21. The van der Waals surface area contributed by atoms with E-state index in [0.717, 1.165) is 28.1 Å². The normalized spacial score (nSPS) is 15.5. The lowest BCUT2D eigenvalue weighted by molar-refractivity contribution is 0.0957. The molecule has 35 heavy (non-hydrogen) atoms. The molecule has 7 nitrogen and oxygen atoms in total. The van der Waals surface area contributed by atoms with Gasteiger partial charge in [-0.2, -0.15) is 5.10 Å². The first kappa shape index (κ1) is 22.8. The first-order valence-corrected chi connectivity index (χ1v) is 11.5. The summed E-state index contributed by atoms with van der Waals surface area (Å²) in [7, 11) is 4.85. The molecule has 2 aromatic carbocycles. The second-order valence-corrected chi connectivity index (χ2v) is 8.54. The molecule has 0 radical (unpaired) electrons. The first-order chi connectivity index (χ1) is 17.1. The molecule has 0 fully saturated rings. The smallest absolute Gasteiger partial charge is 0.166 e. The van der Waals surface area contributed by atoms with Gasteiger partial charge in [0, 0.05) is 19.7 Å². The molecule has 2 heterocycles. The zero-order chi connectivity index (χ0) is 24.4. The van der Waals surface area contributed by atoms with Gasteiger partial charge in [-0.25, -0.2) is 9.50 Å². The molecule has 0 unspecified atom stereocenters. The number of hydrogen-bond donors (Lipinski definition) is 0. The quantitative estimate of drug-likeness (QED) is 0.378. The minimum Gasteiger partial charge on any atom is -0.493 e. The Morgan fingerprint density at radius 3 is 2.57 bits per heavy atom. The van der Waals surface area contributed by atoms with Gasteiger partial charge in [-0.3, -0.25) is 4.79 Å². The van der Waals surface area contributed by atoms with Gasteiger partial charge < -0.3 is 14.2 Å². The molecule has 7 heteroatoms. The van der Waals surface area contributed by atoms with Crippen molar-refractivity contribution in [2.75, 3.05) is 21.3 Å². The van der Waals surface area contributed by atoms with Gasteiger partial charge in [-0.15, -0.1) is 0 Å². The van der Waals surface area contributed by atoms with Crippen LogP contribution in [0, 0.1) is 5.92 Å². The standard InChI is InChI=1S/C28H27N3O4/c1-33-17-22-27(20-11-12-25(34-2)26(15-20)35-3)28-29-16-21-23(31(28)30-22)13-19(14-24(21)32)10-9-18-7-5-4-6-8-18/h4-12,15-16,19H,13-14,17H2,1-3H3/b10-9+/t19-/m0/s1. The molecule has 178 valence electrons. The fraction of sp³-hybridized carbons (Fsp3) is 0.250. The number of hydrogen-bond acceptors (Lipinski definition) is 6. The van der Waals surface area contributed by atoms with Crippen molar-refractivity contribution < 1.29 is 19.0 Å². The molecule has 0 bridgehead atoms. The summed E-state index contributed by atoms with van der Waals surface area (Å²) in [5.74, 6) is 1.43. The van der Waals surface area contributed by atoms with Gasteiger partial charge in [0.05, 0.1) is 43.3 Å². The van der Waals surface area contributed by atoms with E-state index in [0.29, 0.717) is 42.2 Å². The van der Waals surface area contributed by atoms with Crippen LogP contribution < -0.4 is 9.47 Å². The number of allylic oxidation sites excluding steroid dienone is 1. The minimum atomic E-state index is 0.0832. The Balaban J connectivity index is 1.60. The summed E-state index contributed by atoms with van der Waals surface area (Å²) in [6.45, 7) is 0.313. The Morgan fingerprint density at radius 1 is 1.03 bits per heavy atom. The number of carbonyl (C=O) groups is 1. The highest BCUT2D eigenvalue weighted by atomic mass is 16.5. The average molecular weight is 470 g/mol. The van der Waals surface area contributed by atoms with Crippen molar-refractivity contribution in [2.45, 2.75) is 19.4 Å². The van der Waals surface area contributed by atoms with Crippen LogP contribution in [0.2, 0.25) is 0 Å². The van der Waals surface area contributed by atoms with Crippen LogP contribution in [0.5, 0.6) is 11.5 Å². The molecule has 0 aliphatic heterocycles. The van der Waals surface area contributed by atoms with Crippen molar-refractivity contribution >= 4 is 17.5 Å². The van der Waals surface area contributed by atoms with Crippen molar-refractivity contribution in [1.82, 2.24) is 14.6 Å². The molecule has 5 rings (SSSR count). The van der Waals surface area contributed by atoms with Crippen LogP contribution in [0.1, 0.15) is 33.7 Å². The summed E-state index contributed by atoms with van der Waals surface area (Å²) >= 11 is 0. The minimum absolute atomic E-state index is 0.0832. The maximum absolute atomic E-state index is 13.0. The van der Waals surface area contributed by atoms with E-state index in [9.17, 15) is 4.79 Å². The monoisotopic (exact) mass is 469 g/mol. The molecule has 1 aliphatic carbocycles. The summed E-state index contributed by atoms with van der Waals surface area (Å²) in [5, 5.41) is 4.86. The molecule has 0 saturated carbocycles. The molecule has 2 aromatic heterocycles. The van der Waals surface area contributed by atoms with E-state index in [-0.39, 0.29) is 11.7 Å². The van der Waals surface area contributed by atoms with Gasteiger partial charge in [0.15, 0.2) is 22.9 Å². The molecule has 1 atom stereocenters. The van der Waals surface area contributed by atoms with E-state index in [1.54, 1.807) is 27.5 Å². The van der Waals surface area contributed by atoms with Crippen molar-refractivity contribution in [2.24, 2.45) is 5.92 Å². The highest BCUT2D eigenvalue weighted by Crippen LogP contribution is 2.37. The van der Waals surface area contributed by atoms with Gasteiger partial charge >= 0.3 is 0 Å². The first-order valence-electron chi connectivity index (χ1n) is 11.5. The van der Waals surface area contributed by atoms with Gasteiger partial charge in [0.2, 0.25) is 0 Å². The lowest BCUT2D eigenvalue weighted by atomic mass is 9.86. The Kier molecular flexibility index (Phi) is 6.33. The van der Waals surface area contributed by atoms with Crippen LogP contribution in [0.25, 0.3) is 22.9 Å². The van der Waals surface area contributed by atoms with Crippen molar-refractivity contribution in [3.8, 4) is 22.6 Å². The van der Waals surface area contributed by atoms with Crippen LogP contribution in [0.3, 0.4) is 0 Å². The van der Waals surface area contributed by atoms with E-state index in [1.165, 1.54) is 0 Å². The Labute approximate surface area is 204 Å². The maximum atomic E-state index is 13.0. The molecule has 4 aromatic rings. The van der Waals surface area contributed by atoms with Gasteiger partial charge in [0.1, 0.15) is 0 Å². The van der Waals surface area contributed by atoms with E-state index in [2.05, 4.69) is 29.3 Å². The number of nitrogens with zero attached hydrogens (tertiary/aromatic N) is 3. The van der Waals surface area contributed by atoms with Crippen LogP contribution in [0.15, 0.2) is 60.8 Å². The lowest BCUT2D eigenvalue weighted by Crippen LogP contribution is -2.22. The second kappa shape index (κ2) is 9.72. The number of ether oxygens (including phenoxy) is 3. The fourth-order valence-corrected chi connectivity index (χ4v) is 4.65. The van der Waals surface area contributed by atoms with Gasteiger partial charge in [0.25, 0.3) is 0 Å². The molecule has 0 N–H and O–H groups in total. The van der Waals surface area contributed by atoms with E-state index in [4.69, 9.17) is 19.3 Å². The molecule has 0 saturated heterocycles. The third kappa shape index (κ3) is 4.31. The Morgan fingerprint density at radius 2 is 1.83 bits per heavy atom. The molecular formula is C28H27N3O4. The highest BCUT2D eigenvalue weighted by Gasteiger charge is 2.29. The third-order valence-corrected chi connectivity index (χ3v) is 6.33. The van der Waals surface area contributed by atoms with Crippen molar-refractivity contribution in [3.05, 3.63) is 83.3 Å². The van der Waals surface area contributed by atoms with E-state index >= 15 is 0 Å². The summed E-state index contributed by atoms with van der Waals surface area (Å²) in [6, 6.07) is 15.8. The zero-order valence-electron chi connectivity index (χ0n) is 20.0. The topological polar surface area (TPSA) is 75.0 Å². The SMILES string of the molecule is COCc1nn2c3c(cnc2c1-c1ccc(OC)c(OC)c1)C(=O)C[C@@H](/C=C/c1ccccc1)C3. The van der Waals surface area contributed by atoms with E-state index < -0.39 is 0 Å². The molecule has 0 spiro atoms. The van der Waals surface area contributed by atoms with Crippen LogP contribution >= 0.6 is 0 Å². The number of carbonyl (C=O) groups excluding carboxylic acids is 1. The van der Waals surface area contributed by atoms with E-state index in [1.807, 2.05) is 40.9 Å². The van der Waals surface area contributed by atoms with Gasteiger partial charge in [-0.05, 0) is 35.6 Å². The summed E-state index contributed by atoms with van der Waals surface area (Å²) in [6.07, 6.45) is 7.04. The average Bonchev–Trinajstić information content (AvgIpc) is 3.26. The van der Waals surface area contributed by atoms with Crippen LogP contribution in [-0.2, 0) is 17.8 Å². The molecule has 0 amide bonds. The summed E-state index contributed by atoms with van der Waals surface area (Å²) in [4.78, 5) is 17.7. The number of methoxy groups -OCH3 is 3. The zero-order valence-corrected chi connectivity index (χ0v) is 20.0. The number of benzene rings is 2. The summed E-state index contributed by atoms with van der Waals surface area (Å²) < 4.78 is 18.2. The van der Waals surface area contributed by atoms with Crippen LogP contribution in [-0.4, -0.2) is 41.7 Å². The summed E-state index contributed by atoms with van der Waals surface area (Å²) in [5.41, 5.74) is 5.79. The van der Waals surface area contributed by atoms with Crippen molar-refractivity contribution in [1.29, 1.82) is 0 Å². The predicted molar refractivity (Wildman–Crippen MR) is 134 cm³/mol. The van der Waals surface area contributed by atoms with Gasteiger partial charge in [-0.1, -0.05) is 48.6 Å². The molecular weight excluding hydrogens is 442 g/mol. The van der Waals surface area contributed by atoms with Crippen molar-refractivity contribution in [3.63, 3.8) is 0 Å². The number of aromatic nitrogens is 3. The second-order valence-electron chi connectivity index (χ2n) is 8.54. The number of rotatable bonds is 7. The molecule has 1 aliphatic rings. The number of Topliss-reactive ketones (excluding diaryl/α,β-unsaturated/α-hetero) is 1. The van der Waals surface area contributed by atoms with Crippen LogP contribution in [0.4, 0.5) is 0 Å². The third-order valence-electron chi connectivity index (χ3n) is 6.33. The Hall–Kier alpha value is -3.97. The number of fused-ring (bicyclic) bond motifs is 3. The highest BCUT2D eigenvalue weighted by molar-refractivity contribution is 5.99. The largest absolute Gasteiger partial charge is 0.493 e. The Bertz CT molecular complexity index is 1410. The predicted octanol–water partition coefficient (Wildman–Crippen LogP) is 5.02.